The summed E-state index contributed by atoms with van der Waals surface area (Å²) in [4.78, 5) is 0. The zero-order chi connectivity index (χ0) is 17.6. The van der Waals surface area contributed by atoms with Crippen LogP contribution in [0.4, 0.5) is 0 Å². The lowest BCUT2D eigenvalue weighted by atomic mass is 10.2. The zero-order valence-electron chi connectivity index (χ0n) is 14.0. The van der Waals surface area contributed by atoms with Gasteiger partial charge in [-0.25, -0.2) is 4.68 Å². The minimum absolute atomic E-state index is 0. The summed E-state index contributed by atoms with van der Waals surface area (Å²) < 4.78 is 7.52. The van der Waals surface area contributed by atoms with E-state index in [9.17, 15) is 0 Å². The van der Waals surface area contributed by atoms with E-state index in [1.54, 1.807) is 28.6 Å². The first-order valence-electron chi connectivity index (χ1n) is 7.73. The van der Waals surface area contributed by atoms with Gasteiger partial charge in [-0.3, -0.25) is 0 Å². The number of halogens is 3. The van der Waals surface area contributed by atoms with Crippen molar-refractivity contribution in [2.24, 2.45) is 7.05 Å². The monoisotopic (exact) mass is 432 g/mol. The Balaban J connectivity index is 0.00000243. The van der Waals surface area contributed by atoms with Crippen LogP contribution in [-0.2, 0) is 13.6 Å². The minimum Gasteiger partial charge on any atom is -1.00 e. The molecule has 10 heteroatoms. The second-order valence-electron chi connectivity index (χ2n) is 5.35. The maximum atomic E-state index is 6.21. The molecule has 0 unspecified atom stereocenters. The molecule has 0 saturated carbocycles. The fourth-order valence-electron chi connectivity index (χ4n) is 2.22. The predicted octanol–water partition coefficient (Wildman–Crippen LogP) is 1.05. The number of benzene rings is 1. The Morgan fingerprint density at radius 1 is 1.23 bits per heavy atom. The van der Waals surface area contributed by atoms with E-state index in [4.69, 9.17) is 27.6 Å². The van der Waals surface area contributed by atoms with E-state index in [0.29, 0.717) is 16.6 Å². The molecule has 0 saturated heterocycles. The summed E-state index contributed by atoms with van der Waals surface area (Å²) in [6.07, 6.45) is 1.01. The molecule has 0 spiro atoms. The van der Waals surface area contributed by atoms with Crippen molar-refractivity contribution in [2.45, 2.75) is 18.1 Å². The molecule has 0 bridgehead atoms. The highest BCUT2D eigenvalue weighted by Gasteiger charge is 2.09. The lowest BCUT2D eigenvalue weighted by Crippen LogP contribution is -3.00. The normalized spacial score (nSPS) is 10.7. The number of nitrogens with zero attached hydrogens (tertiary/aromatic N) is 4. The van der Waals surface area contributed by atoms with Crippen LogP contribution in [0.2, 0.25) is 10.0 Å². The highest BCUT2D eigenvalue weighted by Crippen LogP contribution is 2.31. The van der Waals surface area contributed by atoms with Gasteiger partial charge < -0.3 is 22.1 Å². The number of furan rings is 1. The van der Waals surface area contributed by atoms with Crippen LogP contribution >= 0.6 is 35.0 Å². The first-order valence-corrected chi connectivity index (χ1v) is 9.47. The summed E-state index contributed by atoms with van der Waals surface area (Å²) in [7, 11) is 1.84. The van der Waals surface area contributed by atoms with Crippen molar-refractivity contribution >= 4 is 35.0 Å². The van der Waals surface area contributed by atoms with Crippen LogP contribution in [0.5, 0.6) is 0 Å². The number of thioether (sulfide) groups is 1. The molecule has 6 nitrogen and oxygen atoms in total. The average molecular weight is 434 g/mol. The molecule has 0 atom stereocenters. The topological polar surface area (TPSA) is 68.8 Å². The minimum atomic E-state index is 0. The van der Waals surface area contributed by atoms with Gasteiger partial charge in [0.1, 0.15) is 11.5 Å². The third kappa shape index (κ3) is 5.62. The van der Waals surface area contributed by atoms with Gasteiger partial charge in [0.05, 0.1) is 11.6 Å². The van der Waals surface area contributed by atoms with Crippen LogP contribution < -0.4 is 17.7 Å². The molecule has 2 heterocycles. The van der Waals surface area contributed by atoms with Gasteiger partial charge in [0.15, 0.2) is 0 Å². The molecule has 0 fully saturated rings. The van der Waals surface area contributed by atoms with E-state index in [1.165, 1.54) is 0 Å². The van der Waals surface area contributed by atoms with E-state index >= 15 is 0 Å². The lowest BCUT2D eigenvalue weighted by molar-refractivity contribution is -0.00000566. The van der Waals surface area contributed by atoms with Crippen LogP contribution in [0.1, 0.15) is 12.2 Å². The lowest BCUT2D eigenvalue weighted by Gasteiger charge is -2.03. The largest absolute Gasteiger partial charge is 1.00 e. The zero-order valence-corrected chi connectivity index (χ0v) is 17.0. The number of hydrogen-bond acceptors (Lipinski definition) is 6. The third-order valence-electron chi connectivity index (χ3n) is 3.47. The van der Waals surface area contributed by atoms with E-state index in [-0.39, 0.29) is 12.4 Å². The second kappa shape index (κ2) is 10.2. The first-order chi connectivity index (χ1) is 12.1. The van der Waals surface area contributed by atoms with Gasteiger partial charge in [0.25, 0.3) is 0 Å². The van der Waals surface area contributed by atoms with Crippen molar-refractivity contribution in [1.82, 2.24) is 25.5 Å². The summed E-state index contributed by atoms with van der Waals surface area (Å²) in [5, 5.41) is 16.7. The number of nitrogens with one attached hydrogen (secondary N) is 1. The van der Waals surface area contributed by atoms with Gasteiger partial charge in [0.2, 0.25) is 5.16 Å². The van der Waals surface area contributed by atoms with Crippen molar-refractivity contribution in [3.05, 3.63) is 46.1 Å². The van der Waals surface area contributed by atoms with Crippen molar-refractivity contribution in [2.75, 3.05) is 12.3 Å². The van der Waals surface area contributed by atoms with E-state index in [2.05, 4.69) is 20.8 Å². The third-order valence-corrected chi connectivity index (χ3v) is 5.11. The Morgan fingerprint density at radius 3 is 2.81 bits per heavy atom. The fraction of sp³-hybridized carbons (Fsp3) is 0.312. The van der Waals surface area contributed by atoms with Crippen molar-refractivity contribution in [3.63, 3.8) is 0 Å². The van der Waals surface area contributed by atoms with Crippen LogP contribution in [-0.4, -0.2) is 32.5 Å². The number of tetrazole rings is 1. The molecule has 0 aliphatic heterocycles. The summed E-state index contributed by atoms with van der Waals surface area (Å²) in [6, 6.07) is 9.24. The number of aryl methyl sites for hydroxylation is 1. The smallest absolute Gasteiger partial charge is 0.209 e. The molecule has 3 aromatic rings. The summed E-state index contributed by atoms with van der Waals surface area (Å²) in [5.74, 6) is 2.56. The van der Waals surface area contributed by atoms with Gasteiger partial charge >= 0.3 is 0 Å². The number of rotatable bonds is 8. The fourth-order valence-corrected chi connectivity index (χ4v) is 3.51. The molecule has 0 amide bonds. The highest BCUT2D eigenvalue weighted by molar-refractivity contribution is 7.99. The number of aromatic nitrogens is 4. The Kier molecular flexibility index (Phi) is 8.24. The van der Waals surface area contributed by atoms with Gasteiger partial charge in [0, 0.05) is 23.4 Å². The maximum absolute atomic E-state index is 6.21. The maximum Gasteiger partial charge on any atom is 0.209 e. The second-order valence-corrected chi connectivity index (χ2v) is 7.26. The van der Waals surface area contributed by atoms with Crippen LogP contribution in [0.25, 0.3) is 11.3 Å². The molecule has 1 N–H and O–H groups in total. The molecule has 26 heavy (non-hydrogen) atoms. The Bertz CT molecular complexity index is 839. The SMILES string of the molecule is Cn1nnnc1SCCCNCc1ccc(-c2ccc(Cl)cc2Cl)o1.[Cl-]. The molecular weight excluding hydrogens is 417 g/mol. The Morgan fingerprint density at radius 2 is 2.08 bits per heavy atom. The van der Waals surface area contributed by atoms with E-state index in [1.807, 2.05) is 25.2 Å². The highest BCUT2D eigenvalue weighted by atomic mass is 35.5. The van der Waals surface area contributed by atoms with Gasteiger partial charge in [-0.1, -0.05) is 35.0 Å². The number of hydrogen-bond donors (Lipinski definition) is 1. The van der Waals surface area contributed by atoms with Crippen molar-refractivity contribution in [1.29, 1.82) is 0 Å². The summed E-state index contributed by atoms with van der Waals surface area (Å²) >= 11 is 13.8. The summed E-state index contributed by atoms with van der Waals surface area (Å²) in [6.45, 7) is 1.55. The molecule has 0 radical (unpaired) electrons. The van der Waals surface area contributed by atoms with Gasteiger partial charge in [-0.15, -0.1) is 5.10 Å². The van der Waals surface area contributed by atoms with Gasteiger partial charge in [-0.2, -0.15) is 0 Å². The summed E-state index contributed by atoms with van der Waals surface area (Å²) in [5.41, 5.74) is 0.839. The van der Waals surface area contributed by atoms with Gasteiger partial charge in [-0.05, 0) is 53.7 Å². The van der Waals surface area contributed by atoms with Crippen molar-refractivity contribution < 1.29 is 16.8 Å². The van der Waals surface area contributed by atoms with Crippen LogP contribution in [0.15, 0.2) is 39.9 Å². The van der Waals surface area contributed by atoms with Crippen LogP contribution in [0, 0.1) is 0 Å². The molecule has 0 aliphatic rings. The Hall–Kier alpha value is -1.25. The van der Waals surface area contributed by atoms with Crippen molar-refractivity contribution in [3.8, 4) is 11.3 Å². The molecule has 2 aromatic heterocycles. The first kappa shape index (κ1) is 21.1. The van der Waals surface area contributed by atoms with E-state index in [0.717, 1.165) is 41.0 Å². The standard InChI is InChI=1S/C16H17Cl2N5OS.ClH/c1-23-16(20-21-22-23)25-8-2-7-19-10-12-4-6-15(24-12)13-5-3-11(17)9-14(13)18;/h3-6,9,19H,2,7-8,10H2,1H3;1H/p-1. The molecule has 1 aromatic carbocycles. The average Bonchev–Trinajstić information content (AvgIpc) is 3.20. The predicted molar refractivity (Wildman–Crippen MR) is 100 cm³/mol. The Labute approximate surface area is 172 Å². The quantitative estimate of drug-likeness (QED) is 0.423. The van der Waals surface area contributed by atoms with E-state index < -0.39 is 0 Å². The molecule has 0 aliphatic carbocycles. The van der Waals surface area contributed by atoms with Crippen LogP contribution in [0.3, 0.4) is 0 Å². The molecule has 3 rings (SSSR count). The molecular formula is C16H17Cl3N5OS-. The molecule has 140 valence electrons.